The number of nitrogens with zero attached hydrogens (tertiary/aromatic N) is 4. The average molecular weight is 570 g/mol. The lowest BCUT2D eigenvalue weighted by Gasteiger charge is -2.22. The van der Waals surface area contributed by atoms with Crippen LogP contribution in [0.3, 0.4) is 0 Å². The van der Waals surface area contributed by atoms with Gasteiger partial charge in [-0.25, -0.2) is 4.98 Å². The Balaban J connectivity index is 1.33. The third-order valence-corrected chi connectivity index (χ3v) is 9.97. The molecule has 4 aromatic rings. The Bertz CT molecular complexity index is 1460. The molecule has 0 spiro atoms. The highest BCUT2D eigenvalue weighted by Crippen LogP contribution is 2.27. The topological polar surface area (TPSA) is 72.3 Å². The number of likely N-dealkylation sites (tertiary alicyclic amines) is 1. The van der Waals surface area contributed by atoms with Gasteiger partial charge in [0.15, 0.2) is 0 Å². The van der Waals surface area contributed by atoms with E-state index in [9.17, 15) is 4.79 Å². The van der Waals surface area contributed by atoms with Gasteiger partial charge in [0.05, 0.1) is 5.52 Å². The van der Waals surface area contributed by atoms with Crippen LogP contribution in [0.1, 0.15) is 59.8 Å². The van der Waals surface area contributed by atoms with Crippen LogP contribution in [0.5, 0.6) is 0 Å². The van der Waals surface area contributed by atoms with Crippen molar-refractivity contribution in [3.63, 3.8) is 0 Å². The molecule has 1 N–H and O–H groups in total. The van der Waals surface area contributed by atoms with Crippen molar-refractivity contribution in [2.45, 2.75) is 77.6 Å². The monoisotopic (exact) mass is 569 g/mol. The molecule has 0 bridgehead atoms. The minimum Gasteiger partial charge on any atom is -0.361 e. The van der Waals surface area contributed by atoms with Crippen molar-refractivity contribution in [1.29, 1.82) is 0 Å². The van der Waals surface area contributed by atoms with Gasteiger partial charge in [-0.15, -0.1) is 0 Å². The number of rotatable bonds is 11. The summed E-state index contributed by atoms with van der Waals surface area (Å²) in [4.78, 5) is 24.4. The predicted molar refractivity (Wildman–Crippen MR) is 169 cm³/mol. The second kappa shape index (κ2) is 12.7. The highest BCUT2D eigenvalue weighted by molar-refractivity contribution is 6.76. The van der Waals surface area contributed by atoms with Crippen LogP contribution in [0, 0.1) is 0 Å². The van der Waals surface area contributed by atoms with Crippen LogP contribution in [0.2, 0.25) is 25.7 Å². The van der Waals surface area contributed by atoms with E-state index in [0.29, 0.717) is 24.2 Å². The van der Waals surface area contributed by atoms with Gasteiger partial charge in [-0.3, -0.25) is 14.7 Å². The van der Waals surface area contributed by atoms with Gasteiger partial charge in [0, 0.05) is 74.5 Å². The second-order valence-electron chi connectivity index (χ2n) is 12.6. The van der Waals surface area contributed by atoms with E-state index in [1.54, 1.807) is 0 Å². The Hall–Kier alpha value is -3.33. The number of anilines is 1. The molecule has 1 amide bonds. The molecule has 3 aromatic heterocycles. The van der Waals surface area contributed by atoms with E-state index < -0.39 is 8.07 Å². The van der Waals surface area contributed by atoms with Gasteiger partial charge in [0.25, 0.3) is 5.91 Å². The highest BCUT2D eigenvalue weighted by Gasteiger charge is 2.23. The van der Waals surface area contributed by atoms with Crippen LogP contribution in [0.4, 0.5) is 5.82 Å². The number of hydrogen-bond donors (Lipinski definition) is 1. The predicted octanol–water partition coefficient (Wildman–Crippen LogP) is 7.13. The minimum atomic E-state index is -1.17. The van der Waals surface area contributed by atoms with Gasteiger partial charge in [0.2, 0.25) is 0 Å². The number of benzene rings is 1. The lowest BCUT2D eigenvalue weighted by molar-refractivity contribution is 0.0863. The van der Waals surface area contributed by atoms with Gasteiger partial charge >= 0.3 is 0 Å². The van der Waals surface area contributed by atoms with E-state index in [4.69, 9.17) is 4.74 Å². The van der Waals surface area contributed by atoms with E-state index in [1.807, 2.05) is 61.1 Å². The van der Waals surface area contributed by atoms with E-state index in [0.717, 1.165) is 42.2 Å². The molecule has 41 heavy (non-hydrogen) atoms. The maximum Gasteiger partial charge on any atom is 0.256 e. The number of pyridine rings is 2. The summed E-state index contributed by atoms with van der Waals surface area (Å²) in [6.07, 6.45) is 7.97. The van der Waals surface area contributed by atoms with Crippen LogP contribution in [-0.4, -0.2) is 52.6 Å². The molecule has 1 fully saturated rings. The minimum absolute atomic E-state index is 0.171. The zero-order valence-corrected chi connectivity index (χ0v) is 26.1. The van der Waals surface area contributed by atoms with Gasteiger partial charge in [-0.1, -0.05) is 38.7 Å². The van der Waals surface area contributed by atoms with Crippen LogP contribution >= 0.6 is 0 Å². The molecule has 0 saturated carbocycles. The first-order chi connectivity index (χ1) is 19.7. The van der Waals surface area contributed by atoms with Gasteiger partial charge in [-0.2, -0.15) is 0 Å². The number of carbonyl (C=O) groups is 1. The van der Waals surface area contributed by atoms with Gasteiger partial charge in [-0.05, 0) is 73.8 Å². The van der Waals surface area contributed by atoms with Crippen LogP contribution in [-0.2, 0) is 18.0 Å². The Morgan fingerprint density at radius 2 is 1.83 bits per heavy atom. The molecule has 1 aliphatic heterocycles. The first kappa shape index (κ1) is 29.2. The summed E-state index contributed by atoms with van der Waals surface area (Å²) >= 11 is 0. The molecular formula is C33H43N5O2Si. The molecule has 0 aliphatic carbocycles. The van der Waals surface area contributed by atoms with Crippen LogP contribution in [0.25, 0.3) is 10.9 Å². The van der Waals surface area contributed by atoms with E-state index >= 15 is 0 Å². The first-order valence-corrected chi connectivity index (χ1v) is 18.5. The molecule has 1 aromatic carbocycles. The molecule has 8 heteroatoms. The van der Waals surface area contributed by atoms with Crippen molar-refractivity contribution < 1.29 is 9.53 Å². The SMILES string of the molecule is CC(c1ccncc1)c1ccc(C(=O)Nc2cc3c(cn2)cc(CN2CCC[C@@H]2C)n3COCC[Si](C)(C)C)cc1. The molecule has 1 aliphatic rings. The average Bonchev–Trinajstić information content (AvgIpc) is 3.52. The standard InChI is InChI=1S/C33H43N5O2Si/c1-24-7-6-16-37(24)22-30-19-29-21-35-32(20-31(29)38(30)23-40-17-18-41(3,4)5)36-33(39)28-10-8-26(9-11-28)25(2)27-12-14-34-15-13-27/h8-15,19-21,24-25H,6-7,16-18,22-23H2,1-5H3,(H,35,36,39)/t24-,25?/m0/s1. The first-order valence-electron chi connectivity index (χ1n) is 14.8. The van der Waals surface area contributed by atoms with Gasteiger partial charge < -0.3 is 14.6 Å². The summed E-state index contributed by atoms with van der Waals surface area (Å²) in [6.45, 7) is 14.9. The number of hydrogen-bond acceptors (Lipinski definition) is 5. The van der Waals surface area contributed by atoms with Crippen LogP contribution in [0.15, 0.2) is 67.1 Å². The largest absolute Gasteiger partial charge is 0.361 e. The summed E-state index contributed by atoms with van der Waals surface area (Å²) in [6, 6.07) is 17.8. The number of aromatic nitrogens is 3. The van der Waals surface area contributed by atoms with Crippen molar-refractivity contribution in [1.82, 2.24) is 19.4 Å². The van der Waals surface area contributed by atoms with Crippen molar-refractivity contribution in [3.05, 3.63) is 89.5 Å². The molecule has 1 saturated heterocycles. The van der Waals surface area contributed by atoms with Gasteiger partial charge in [0.1, 0.15) is 12.5 Å². The fraction of sp³-hybridized carbons (Fsp3) is 0.424. The summed E-state index contributed by atoms with van der Waals surface area (Å²) < 4.78 is 8.48. The summed E-state index contributed by atoms with van der Waals surface area (Å²) in [5, 5.41) is 4.08. The molecule has 1 unspecified atom stereocenters. The fourth-order valence-electron chi connectivity index (χ4n) is 5.49. The maximum atomic E-state index is 13.2. The Kier molecular flexibility index (Phi) is 9.02. The number of carbonyl (C=O) groups excluding carboxylic acids is 1. The van der Waals surface area contributed by atoms with E-state index in [-0.39, 0.29) is 11.8 Å². The lowest BCUT2D eigenvalue weighted by Crippen LogP contribution is -2.27. The summed E-state index contributed by atoms with van der Waals surface area (Å²) in [5.74, 6) is 0.590. The molecule has 4 heterocycles. The summed E-state index contributed by atoms with van der Waals surface area (Å²) in [7, 11) is -1.17. The third-order valence-electron chi connectivity index (χ3n) is 8.26. The van der Waals surface area contributed by atoms with Crippen LogP contribution < -0.4 is 5.32 Å². The number of fused-ring (bicyclic) bond motifs is 1. The number of nitrogens with one attached hydrogen (secondary N) is 1. The number of amides is 1. The Labute approximate surface area is 245 Å². The zero-order chi connectivity index (χ0) is 29.0. The normalized spacial score (nSPS) is 16.8. The van der Waals surface area contributed by atoms with Crippen molar-refractivity contribution >= 4 is 30.7 Å². The molecule has 7 nitrogen and oxygen atoms in total. The Morgan fingerprint density at radius 3 is 2.51 bits per heavy atom. The van der Waals surface area contributed by atoms with E-state index in [1.165, 1.54) is 24.1 Å². The molecule has 5 rings (SSSR count). The van der Waals surface area contributed by atoms with Crippen molar-refractivity contribution in [3.8, 4) is 0 Å². The highest BCUT2D eigenvalue weighted by atomic mass is 28.3. The van der Waals surface area contributed by atoms with E-state index in [2.05, 4.69) is 64.3 Å². The molecule has 216 valence electrons. The number of ether oxygens (including phenoxy) is 1. The smallest absolute Gasteiger partial charge is 0.256 e. The maximum absolute atomic E-state index is 13.2. The quantitative estimate of drug-likeness (QED) is 0.154. The Morgan fingerprint density at radius 1 is 1.10 bits per heavy atom. The summed E-state index contributed by atoms with van der Waals surface area (Å²) in [5.41, 5.74) is 5.21. The van der Waals surface area contributed by atoms with Crippen molar-refractivity contribution in [2.24, 2.45) is 0 Å². The molecule has 2 atom stereocenters. The second-order valence-corrected chi connectivity index (χ2v) is 18.2. The third kappa shape index (κ3) is 7.31. The zero-order valence-electron chi connectivity index (χ0n) is 25.1. The molecular weight excluding hydrogens is 526 g/mol. The fourth-order valence-corrected chi connectivity index (χ4v) is 6.25. The molecule has 0 radical (unpaired) electrons. The lowest BCUT2D eigenvalue weighted by atomic mass is 9.93. The van der Waals surface area contributed by atoms with Crippen molar-refractivity contribution in [2.75, 3.05) is 18.5 Å².